The zero-order chi connectivity index (χ0) is 17.8. The van der Waals surface area contributed by atoms with Crippen molar-refractivity contribution in [2.45, 2.75) is 27.3 Å². The predicted octanol–water partition coefficient (Wildman–Crippen LogP) is 4.41. The fourth-order valence-corrected chi connectivity index (χ4v) is 4.13. The molecule has 1 saturated heterocycles. The Balaban J connectivity index is 1.70. The highest BCUT2D eigenvalue weighted by atomic mass is 32.2. The van der Waals surface area contributed by atoms with Gasteiger partial charge in [0.1, 0.15) is 0 Å². The van der Waals surface area contributed by atoms with Crippen molar-refractivity contribution < 1.29 is 4.79 Å². The van der Waals surface area contributed by atoms with Gasteiger partial charge in [0.05, 0.1) is 0 Å². The van der Waals surface area contributed by atoms with Gasteiger partial charge in [-0.3, -0.25) is 9.69 Å². The van der Waals surface area contributed by atoms with Crippen LogP contribution in [0.15, 0.2) is 36.4 Å². The lowest BCUT2D eigenvalue weighted by Crippen LogP contribution is -2.31. The first-order chi connectivity index (χ1) is 12.0. The van der Waals surface area contributed by atoms with Gasteiger partial charge in [-0.25, -0.2) is 0 Å². The summed E-state index contributed by atoms with van der Waals surface area (Å²) in [6, 6.07) is 12.3. The van der Waals surface area contributed by atoms with Crippen LogP contribution in [0.4, 0.5) is 5.69 Å². The number of thioether (sulfide) groups is 1. The van der Waals surface area contributed by atoms with E-state index in [0.29, 0.717) is 0 Å². The quantitative estimate of drug-likeness (QED) is 0.882. The van der Waals surface area contributed by atoms with E-state index in [1.165, 1.54) is 17.1 Å². The number of benzene rings is 2. The van der Waals surface area contributed by atoms with E-state index in [9.17, 15) is 4.79 Å². The van der Waals surface area contributed by atoms with E-state index < -0.39 is 0 Å². The highest BCUT2D eigenvalue weighted by Gasteiger charge is 2.13. The number of hydrogen-bond donors (Lipinski definition) is 1. The molecule has 1 fully saturated rings. The van der Waals surface area contributed by atoms with Gasteiger partial charge < -0.3 is 5.32 Å². The van der Waals surface area contributed by atoms with E-state index >= 15 is 0 Å². The Morgan fingerprint density at radius 2 is 1.80 bits per heavy atom. The zero-order valence-corrected chi connectivity index (χ0v) is 16.1. The lowest BCUT2D eigenvalue weighted by Gasteiger charge is -2.26. The summed E-state index contributed by atoms with van der Waals surface area (Å²) in [5, 5.41) is 3.07. The molecule has 4 heteroatoms. The van der Waals surface area contributed by atoms with Gasteiger partial charge >= 0.3 is 0 Å². The number of nitrogens with zero attached hydrogens (tertiary/aromatic N) is 1. The van der Waals surface area contributed by atoms with Crippen LogP contribution >= 0.6 is 11.8 Å². The minimum atomic E-state index is -0.0369. The van der Waals surface area contributed by atoms with Crippen molar-refractivity contribution in [1.82, 2.24) is 4.90 Å². The monoisotopic (exact) mass is 354 g/mol. The summed E-state index contributed by atoms with van der Waals surface area (Å²) in [7, 11) is 0. The Morgan fingerprint density at radius 3 is 2.52 bits per heavy atom. The van der Waals surface area contributed by atoms with Gasteiger partial charge in [-0.15, -0.1) is 0 Å². The van der Waals surface area contributed by atoms with E-state index in [4.69, 9.17) is 0 Å². The molecule has 3 rings (SSSR count). The molecule has 0 bridgehead atoms. The Bertz CT molecular complexity index is 766. The number of aryl methyl sites for hydroxylation is 3. The number of carbonyl (C=O) groups is 1. The van der Waals surface area contributed by atoms with E-state index in [0.717, 1.165) is 47.6 Å². The standard InChI is InChI=1S/C21H26N2OS/c1-15-4-5-16(2)19(12-15)21(24)22-20-7-6-18(13-17(20)3)14-23-8-10-25-11-9-23/h4-7,12-13H,8-11,14H2,1-3H3,(H,22,24). The van der Waals surface area contributed by atoms with Gasteiger partial charge in [-0.05, 0) is 49.6 Å². The van der Waals surface area contributed by atoms with Crippen LogP contribution in [0.2, 0.25) is 0 Å². The minimum absolute atomic E-state index is 0.0369. The van der Waals surface area contributed by atoms with Crippen molar-refractivity contribution in [3.8, 4) is 0 Å². The minimum Gasteiger partial charge on any atom is -0.322 e. The van der Waals surface area contributed by atoms with Gasteiger partial charge in [0.15, 0.2) is 0 Å². The lowest BCUT2D eigenvalue weighted by molar-refractivity contribution is 0.102. The molecule has 0 spiro atoms. The molecule has 1 aliphatic rings. The Morgan fingerprint density at radius 1 is 1.04 bits per heavy atom. The average molecular weight is 355 g/mol. The fraction of sp³-hybridized carbons (Fsp3) is 0.381. The first kappa shape index (κ1) is 18.0. The highest BCUT2D eigenvalue weighted by molar-refractivity contribution is 7.99. The van der Waals surface area contributed by atoms with Crippen LogP contribution in [0.3, 0.4) is 0 Å². The van der Waals surface area contributed by atoms with Crippen molar-refractivity contribution in [2.75, 3.05) is 29.9 Å². The number of amides is 1. The first-order valence-corrected chi connectivity index (χ1v) is 9.96. The van der Waals surface area contributed by atoms with Crippen LogP contribution < -0.4 is 5.32 Å². The molecule has 2 aromatic carbocycles. The average Bonchev–Trinajstić information content (AvgIpc) is 2.60. The van der Waals surface area contributed by atoms with Crippen LogP contribution in [-0.2, 0) is 6.54 Å². The first-order valence-electron chi connectivity index (χ1n) is 8.81. The second-order valence-electron chi connectivity index (χ2n) is 6.81. The summed E-state index contributed by atoms with van der Waals surface area (Å²) in [5.74, 6) is 2.41. The van der Waals surface area contributed by atoms with Crippen LogP contribution in [0.25, 0.3) is 0 Å². The summed E-state index contributed by atoms with van der Waals surface area (Å²) in [6.07, 6.45) is 0. The van der Waals surface area contributed by atoms with Crippen molar-refractivity contribution in [3.63, 3.8) is 0 Å². The molecule has 0 aromatic heterocycles. The maximum absolute atomic E-state index is 12.6. The molecule has 1 N–H and O–H groups in total. The number of carbonyl (C=O) groups excluding carboxylic acids is 1. The van der Waals surface area contributed by atoms with Gasteiger partial charge in [-0.2, -0.15) is 11.8 Å². The smallest absolute Gasteiger partial charge is 0.255 e. The van der Waals surface area contributed by atoms with Crippen molar-refractivity contribution in [3.05, 3.63) is 64.2 Å². The molecule has 1 aliphatic heterocycles. The maximum atomic E-state index is 12.6. The van der Waals surface area contributed by atoms with Crippen LogP contribution in [0.1, 0.15) is 32.6 Å². The van der Waals surface area contributed by atoms with Crippen molar-refractivity contribution in [2.24, 2.45) is 0 Å². The van der Waals surface area contributed by atoms with Gasteiger partial charge in [0.25, 0.3) is 5.91 Å². The van der Waals surface area contributed by atoms with Crippen LogP contribution in [0, 0.1) is 20.8 Å². The van der Waals surface area contributed by atoms with E-state index in [2.05, 4.69) is 29.3 Å². The molecule has 0 saturated carbocycles. The number of anilines is 1. The molecule has 132 valence electrons. The van der Waals surface area contributed by atoms with Gasteiger partial charge in [-0.1, -0.05) is 29.8 Å². The number of rotatable bonds is 4. The van der Waals surface area contributed by atoms with Crippen molar-refractivity contribution in [1.29, 1.82) is 0 Å². The lowest BCUT2D eigenvalue weighted by atomic mass is 10.0. The third-order valence-corrected chi connectivity index (χ3v) is 5.63. The third-order valence-electron chi connectivity index (χ3n) is 4.69. The largest absolute Gasteiger partial charge is 0.322 e. The normalized spacial score (nSPS) is 15.2. The summed E-state index contributed by atoms with van der Waals surface area (Å²) >= 11 is 2.03. The molecule has 3 nitrogen and oxygen atoms in total. The van der Waals surface area contributed by atoms with E-state index in [1.807, 2.05) is 49.9 Å². The molecule has 0 aliphatic carbocycles. The summed E-state index contributed by atoms with van der Waals surface area (Å²) in [4.78, 5) is 15.1. The number of hydrogen-bond acceptors (Lipinski definition) is 3. The molecule has 2 aromatic rings. The van der Waals surface area contributed by atoms with Gasteiger partial charge in [0, 0.05) is 42.4 Å². The molecular formula is C21H26N2OS. The van der Waals surface area contributed by atoms with Crippen molar-refractivity contribution >= 4 is 23.4 Å². The predicted molar refractivity (Wildman–Crippen MR) is 108 cm³/mol. The molecule has 0 atom stereocenters. The summed E-state index contributed by atoms with van der Waals surface area (Å²) in [6.45, 7) is 9.36. The number of nitrogens with one attached hydrogen (secondary N) is 1. The van der Waals surface area contributed by atoms with Gasteiger partial charge in [0.2, 0.25) is 0 Å². The Kier molecular flexibility index (Phi) is 5.82. The van der Waals surface area contributed by atoms with Crippen LogP contribution in [-0.4, -0.2) is 35.4 Å². The third kappa shape index (κ3) is 4.65. The molecule has 0 radical (unpaired) electrons. The Labute approximate surface area is 154 Å². The topological polar surface area (TPSA) is 32.3 Å². The van der Waals surface area contributed by atoms with Crippen LogP contribution in [0.5, 0.6) is 0 Å². The summed E-state index contributed by atoms with van der Waals surface area (Å²) in [5.41, 5.74) is 6.16. The molecule has 25 heavy (non-hydrogen) atoms. The summed E-state index contributed by atoms with van der Waals surface area (Å²) < 4.78 is 0. The van der Waals surface area contributed by atoms with E-state index in [-0.39, 0.29) is 5.91 Å². The second-order valence-corrected chi connectivity index (χ2v) is 8.04. The zero-order valence-electron chi connectivity index (χ0n) is 15.3. The second kappa shape index (κ2) is 8.07. The SMILES string of the molecule is Cc1ccc(C)c(C(=O)Nc2ccc(CN3CCSCC3)cc2C)c1. The molecule has 1 amide bonds. The molecule has 1 heterocycles. The Hall–Kier alpha value is -1.78. The fourth-order valence-electron chi connectivity index (χ4n) is 3.15. The maximum Gasteiger partial charge on any atom is 0.255 e. The van der Waals surface area contributed by atoms with E-state index in [1.54, 1.807) is 0 Å². The molecule has 0 unspecified atom stereocenters. The molecular weight excluding hydrogens is 328 g/mol. The highest BCUT2D eigenvalue weighted by Crippen LogP contribution is 2.21.